The van der Waals surface area contributed by atoms with Crippen LogP contribution in [0.1, 0.15) is 33.8 Å². The predicted octanol–water partition coefficient (Wildman–Crippen LogP) is 5.78. The molecule has 0 saturated heterocycles. The molecule has 1 unspecified atom stereocenters. The van der Waals surface area contributed by atoms with Crippen molar-refractivity contribution >= 4 is 45.0 Å². The average Bonchev–Trinajstić information content (AvgIpc) is 3.56. The Kier molecular flexibility index (Phi) is 6.61. The number of pyridine rings is 2. The van der Waals surface area contributed by atoms with Crippen LogP contribution in [0.4, 0.5) is 10.2 Å². The van der Waals surface area contributed by atoms with Gasteiger partial charge in [0.2, 0.25) is 0 Å². The molecule has 0 aliphatic rings. The molecule has 2 aromatic carbocycles. The number of imidazole rings is 1. The van der Waals surface area contributed by atoms with Crippen molar-refractivity contribution in [3.8, 4) is 10.4 Å². The number of nitrogens with zero attached hydrogens (tertiary/aromatic N) is 3. The molecule has 0 spiro atoms. The van der Waals surface area contributed by atoms with Crippen LogP contribution in [-0.4, -0.2) is 25.4 Å². The van der Waals surface area contributed by atoms with Crippen LogP contribution in [0.25, 0.3) is 32.4 Å². The summed E-state index contributed by atoms with van der Waals surface area (Å²) in [5, 5.41) is 7.16. The second kappa shape index (κ2) is 10.4. The van der Waals surface area contributed by atoms with Crippen LogP contribution in [0.3, 0.4) is 0 Å². The van der Waals surface area contributed by atoms with Crippen LogP contribution in [-0.2, 0) is 13.6 Å². The number of anilines is 1. The van der Waals surface area contributed by atoms with Gasteiger partial charge in [-0.05, 0) is 66.6 Å². The third-order valence-electron chi connectivity index (χ3n) is 6.87. The summed E-state index contributed by atoms with van der Waals surface area (Å²) in [7, 11) is 1.75. The molecule has 6 aromatic rings. The number of benzene rings is 2. The molecule has 4 heterocycles. The second-order valence-corrected chi connectivity index (χ2v) is 10.7. The van der Waals surface area contributed by atoms with Crippen molar-refractivity contribution in [2.45, 2.75) is 19.5 Å². The summed E-state index contributed by atoms with van der Waals surface area (Å²) in [6, 6.07) is 19.4. The van der Waals surface area contributed by atoms with Crippen molar-refractivity contribution in [3.63, 3.8) is 0 Å². The van der Waals surface area contributed by atoms with E-state index in [0.717, 1.165) is 37.3 Å². The molecule has 1 amide bonds. The minimum atomic E-state index is -0.319. The summed E-state index contributed by atoms with van der Waals surface area (Å²) in [5.74, 6) is -0.108. The van der Waals surface area contributed by atoms with Gasteiger partial charge in [-0.2, -0.15) is 0 Å². The van der Waals surface area contributed by atoms with Gasteiger partial charge >= 0.3 is 5.69 Å². The number of aromatic amines is 1. The Labute approximate surface area is 232 Å². The van der Waals surface area contributed by atoms with Gasteiger partial charge < -0.3 is 15.6 Å². The largest absolute Gasteiger partial charge is 0.365 e. The van der Waals surface area contributed by atoms with Crippen LogP contribution in [0.15, 0.2) is 83.9 Å². The zero-order valence-electron chi connectivity index (χ0n) is 21.7. The first-order valence-electron chi connectivity index (χ1n) is 12.7. The maximum atomic E-state index is 13.3. The first-order valence-corrected chi connectivity index (χ1v) is 13.5. The van der Waals surface area contributed by atoms with Gasteiger partial charge in [-0.1, -0.05) is 18.2 Å². The van der Waals surface area contributed by atoms with Crippen molar-refractivity contribution in [1.29, 1.82) is 0 Å². The first-order chi connectivity index (χ1) is 19.4. The minimum absolute atomic E-state index is 0.174. The number of carbonyl (C=O) groups is 1. The third-order valence-corrected chi connectivity index (χ3v) is 8.00. The first kappa shape index (κ1) is 25.4. The Balaban J connectivity index is 1.19. The second-order valence-electron chi connectivity index (χ2n) is 9.51. The summed E-state index contributed by atoms with van der Waals surface area (Å²) < 4.78 is 14.9. The van der Waals surface area contributed by atoms with E-state index in [9.17, 15) is 14.0 Å². The zero-order valence-corrected chi connectivity index (χ0v) is 22.6. The normalized spacial score (nSPS) is 12.1. The molecule has 0 bridgehead atoms. The highest BCUT2D eigenvalue weighted by atomic mass is 32.1. The van der Waals surface area contributed by atoms with E-state index < -0.39 is 0 Å². The number of rotatable bonds is 7. The number of fused-ring (bicyclic) bond motifs is 3. The maximum Gasteiger partial charge on any atom is 0.326 e. The van der Waals surface area contributed by atoms with E-state index in [1.807, 2.05) is 25.1 Å². The van der Waals surface area contributed by atoms with Crippen molar-refractivity contribution in [2.24, 2.45) is 7.05 Å². The fourth-order valence-corrected chi connectivity index (χ4v) is 5.67. The molecule has 10 heteroatoms. The summed E-state index contributed by atoms with van der Waals surface area (Å²) in [5.41, 5.74) is 4.44. The SMILES string of the molecule is CC(NC(=O)c1cccnc1NCc1ccc(-c2ccc3ncc4[nH]c(=O)n(C)c4c3c2)s1)c1ccc(F)cc1. The van der Waals surface area contributed by atoms with Crippen LogP contribution in [0.2, 0.25) is 0 Å². The molecule has 40 heavy (non-hydrogen) atoms. The molecule has 6 rings (SSSR count). The van der Waals surface area contributed by atoms with E-state index in [1.54, 1.807) is 59.6 Å². The zero-order chi connectivity index (χ0) is 27.8. The number of H-pyrrole nitrogens is 1. The van der Waals surface area contributed by atoms with Gasteiger partial charge in [0.25, 0.3) is 5.91 Å². The molecule has 8 nitrogen and oxygen atoms in total. The number of amides is 1. The molecule has 0 aliphatic heterocycles. The van der Waals surface area contributed by atoms with Gasteiger partial charge in [-0.3, -0.25) is 14.3 Å². The number of aromatic nitrogens is 4. The molecular weight excluding hydrogens is 527 g/mol. The van der Waals surface area contributed by atoms with E-state index in [2.05, 4.69) is 37.7 Å². The third kappa shape index (κ3) is 4.85. The van der Waals surface area contributed by atoms with Gasteiger partial charge in [0.15, 0.2) is 0 Å². The number of nitrogens with one attached hydrogen (secondary N) is 3. The lowest BCUT2D eigenvalue weighted by Crippen LogP contribution is -2.27. The van der Waals surface area contributed by atoms with E-state index in [1.165, 1.54) is 12.1 Å². The standard InChI is InChI=1S/C30H25FN6O2S/c1-17(18-5-8-20(31)9-6-18)35-29(38)22-4-3-13-32-28(22)34-15-21-10-12-26(40-21)19-7-11-24-23(14-19)27-25(16-33-24)36-30(39)37(27)2/h3-14,16-17H,15H2,1-2H3,(H,32,34)(H,35,38)(H,36,39). The van der Waals surface area contributed by atoms with Gasteiger partial charge in [0.1, 0.15) is 11.6 Å². The fraction of sp³-hybridized carbons (Fsp3) is 0.133. The number of halogens is 1. The average molecular weight is 553 g/mol. The smallest absolute Gasteiger partial charge is 0.326 e. The van der Waals surface area contributed by atoms with Gasteiger partial charge in [-0.15, -0.1) is 11.3 Å². The maximum absolute atomic E-state index is 13.3. The Hall–Kier alpha value is -4.83. The Morgan fingerprint density at radius 1 is 1.10 bits per heavy atom. The molecule has 1 atom stereocenters. The lowest BCUT2D eigenvalue weighted by Gasteiger charge is -2.16. The predicted molar refractivity (Wildman–Crippen MR) is 156 cm³/mol. The monoisotopic (exact) mass is 552 g/mol. The van der Waals surface area contributed by atoms with E-state index in [0.29, 0.717) is 23.4 Å². The Morgan fingerprint density at radius 3 is 2.75 bits per heavy atom. The van der Waals surface area contributed by atoms with E-state index in [4.69, 9.17) is 0 Å². The lowest BCUT2D eigenvalue weighted by atomic mass is 10.1. The van der Waals surface area contributed by atoms with Crippen LogP contribution < -0.4 is 16.3 Å². The summed E-state index contributed by atoms with van der Waals surface area (Å²) in [4.78, 5) is 39.1. The van der Waals surface area contributed by atoms with Crippen LogP contribution in [0.5, 0.6) is 0 Å². The molecule has 0 aliphatic carbocycles. The van der Waals surface area contributed by atoms with Gasteiger partial charge in [0, 0.05) is 28.4 Å². The van der Waals surface area contributed by atoms with E-state index >= 15 is 0 Å². The number of thiophene rings is 1. The molecule has 200 valence electrons. The quantitative estimate of drug-likeness (QED) is 0.233. The highest BCUT2D eigenvalue weighted by Gasteiger charge is 2.16. The molecular formula is C30H25FN6O2S. The van der Waals surface area contributed by atoms with Gasteiger partial charge in [0.05, 0.1) is 40.9 Å². The number of hydrogen-bond acceptors (Lipinski definition) is 6. The molecule has 0 fully saturated rings. The molecule has 4 aromatic heterocycles. The van der Waals surface area contributed by atoms with Gasteiger partial charge in [-0.25, -0.2) is 14.2 Å². The van der Waals surface area contributed by atoms with Crippen molar-refractivity contribution in [1.82, 2.24) is 24.8 Å². The Morgan fingerprint density at radius 2 is 1.93 bits per heavy atom. The highest BCUT2D eigenvalue weighted by Crippen LogP contribution is 2.32. The minimum Gasteiger partial charge on any atom is -0.365 e. The summed E-state index contributed by atoms with van der Waals surface area (Å²) >= 11 is 1.63. The number of aryl methyl sites for hydroxylation is 1. The van der Waals surface area contributed by atoms with E-state index in [-0.39, 0.29) is 23.5 Å². The summed E-state index contributed by atoms with van der Waals surface area (Å²) in [6.07, 6.45) is 3.32. The topological polar surface area (TPSA) is 105 Å². The number of hydrogen-bond donors (Lipinski definition) is 3. The lowest BCUT2D eigenvalue weighted by molar-refractivity contribution is 0.0940. The molecule has 3 N–H and O–H groups in total. The van der Waals surface area contributed by atoms with Crippen LogP contribution >= 0.6 is 11.3 Å². The summed E-state index contributed by atoms with van der Waals surface area (Å²) in [6.45, 7) is 2.34. The highest BCUT2D eigenvalue weighted by molar-refractivity contribution is 7.15. The molecule has 0 radical (unpaired) electrons. The van der Waals surface area contributed by atoms with Crippen LogP contribution in [0, 0.1) is 5.82 Å². The fourth-order valence-electron chi connectivity index (χ4n) is 4.72. The van der Waals surface area contributed by atoms with Crippen molar-refractivity contribution in [3.05, 3.63) is 111 Å². The van der Waals surface area contributed by atoms with Crippen molar-refractivity contribution < 1.29 is 9.18 Å². The number of carbonyl (C=O) groups excluding carboxylic acids is 1. The van der Waals surface area contributed by atoms with Crippen molar-refractivity contribution in [2.75, 3.05) is 5.32 Å². The Bertz CT molecular complexity index is 1930. The molecule has 0 saturated carbocycles.